The summed E-state index contributed by atoms with van der Waals surface area (Å²) < 4.78 is 4.07. The number of halogens is 3. The number of rotatable bonds is 2. The molecule has 0 aromatic rings. The van der Waals surface area contributed by atoms with Crippen LogP contribution >= 0.6 is 34.8 Å². The zero-order chi connectivity index (χ0) is 15.7. The van der Waals surface area contributed by atoms with Crippen LogP contribution in [-0.2, 0) is 9.53 Å². The number of morpholine rings is 1. The minimum Gasteiger partial charge on any atom is -0.373 e. The molecule has 1 aliphatic heterocycles. The van der Waals surface area contributed by atoms with Crippen LogP contribution in [0, 0.1) is 5.41 Å². The van der Waals surface area contributed by atoms with Gasteiger partial charge in [0.15, 0.2) is 0 Å². The second-order valence-electron chi connectivity index (χ2n) is 6.38. The van der Waals surface area contributed by atoms with Crippen LogP contribution in [0.1, 0.15) is 34.6 Å². The van der Waals surface area contributed by atoms with Crippen molar-refractivity contribution >= 4 is 40.7 Å². The van der Waals surface area contributed by atoms with Gasteiger partial charge < -0.3 is 10.1 Å². The summed E-state index contributed by atoms with van der Waals surface area (Å²) in [7, 11) is 0. The number of nitrogens with zero attached hydrogens (tertiary/aromatic N) is 1. The molecule has 0 bridgehead atoms. The van der Waals surface area contributed by atoms with Crippen LogP contribution < -0.4 is 5.32 Å². The highest BCUT2D eigenvalue weighted by Gasteiger charge is 2.42. The largest absolute Gasteiger partial charge is 0.373 e. The minimum absolute atomic E-state index is 0.0279. The highest BCUT2D eigenvalue weighted by atomic mass is 35.6. The Kier molecular flexibility index (Phi) is 6.02. The van der Waals surface area contributed by atoms with Crippen LogP contribution in [0.4, 0.5) is 0 Å². The van der Waals surface area contributed by atoms with Gasteiger partial charge >= 0.3 is 0 Å². The SMILES string of the molecule is C[C@@H]1CN([C@@H](NC(=O)C(C)(C)C)C(Cl)(Cl)Cl)C[C@@H](C)O1. The van der Waals surface area contributed by atoms with E-state index in [1.165, 1.54) is 0 Å². The predicted molar refractivity (Wildman–Crippen MR) is 83.3 cm³/mol. The number of carbonyl (C=O) groups is 1. The van der Waals surface area contributed by atoms with Gasteiger partial charge in [-0.15, -0.1) is 0 Å². The van der Waals surface area contributed by atoms with Gasteiger partial charge in [-0.2, -0.15) is 0 Å². The van der Waals surface area contributed by atoms with E-state index in [9.17, 15) is 4.79 Å². The molecule has 1 aliphatic rings. The number of alkyl halides is 3. The smallest absolute Gasteiger partial charge is 0.226 e. The third-order valence-electron chi connectivity index (χ3n) is 3.07. The molecule has 3 atom stereocenters. The highest BCUT2D eigenvalue weighted by molar-refractivity contribution is 6.68. The van der Waals surface area contributed by atoms with E-state index >= 15 is 0 Å². The van der Waals surface area contributed by atoms with E-state index < -0.39 is 15.4 Å². The molecule has 0 radical (unpaired) electrons. The maximum Gasteiger partial charge on any atom is 0.226 e. The summed E-state index contributed by atoms with van der Waals surface area (Å²) in [5.41, 5.74) is -0.544. The van der Waals surface area contributed by atoms with Crippen LogP contribution in [0.2, 0.25) is 0 Å². The Morgan fingerprint density at radius 1 is 1.20 bits per heavy atom. The molecule has 1 rings (SSSR count). The topological polar surface area (TPSA) is 41.6 Å². The second kappa shape index (κ2) is 6.57. The Morgan fingerprint density at radius 2 is 1.65 bits per heavy atom. The third kappa shape index (κ3) is 5.23. The zero-order valence-electron chi connectivity index (χ0n) is 12.5. The Balaban J connectivity index is 2.88. The highest BCUT2D eigenvalue weighted by Crippen LogP contribution is 2.34. The monoisotopic (exact) mass is 344 g/mol. The van der Waals surface area contributed by atoms with Crippen molar-refractivity contribution in [2.45, 2.75) is 56.8 Å². The Bertz CT molecular complexity index is 343. The summed E-state index contributed by atoms with van der Waals surface area (Å²) >= 11 is 18.2. The van der Waals surface area contributed by atoms with Crippen molar-refractivity contribution in [2.24, 2.45) is 5.41 Å². The predicted octanol–water partition coefficient (Wildman–Crippen LogP) is 2.95. The lowest BCUT2D eigenvalue weighted by molar-refractivity contribution is -0.133. The average molecular weight is 346 g/mol. The molecule has 0 spiro atoms. The molecular formula is C13H23Cl3N2O2. The van der Waals surface area contributed by atoms with E-state index in [1.807, 2.05) is 39.5 Å². The van der Waals surface area contributed by atoms with Gasteiger partial charge in [-0.1, -0.05) is 55.6 Å². The Morgan fingerprint density at radius 3 is 2.00 bits per heavy atom. The Labute approximate surface area is 136 Å². The summed E-state index contributed by atoms with van der Waals surface area (Å²) in [6.45, 7) is 10.6. The van der Waals surface area contributed by atoms with Gasteiger partial charge in [-0.25, -0.2) is 0 Å². The summed E-state index contributed by atoms with van der Waals surface area (Å²) in [5, 5.41) is 2.84. The summed E-state index contributed by atoms with van der Waals surface area (Å²) in [5.74, 6) is -0.152. The molecule has 1 fully saturated rings. The quantitative estimate of drug-likeness (QED) is 0.782. The molecule has 1 amide bonds. The molecule has 1 N–H and O–H groups in total. The molecule has 20 heavy (non-hydrogen) atoms. The van der Waals surface area contributed by atoms with E-state index in [-0.39, 0.29) is 18.1 Å². The van der Waals surface area contributed by atoms with Gasteiger partial charge in [0.2, 0.25) is 9.70 Å². The average Bonchev–Trinajstić information content (AvgIpc) is 2.20. The molecule has 0 unspecified atom stereocenters. The fraction of sp³-hybridized carbons (Fsp3) is 0.923. The van der Waals surface area contributed by atoms with E-state index in [0.29, 0.717) is 13.1 Å². The summed E-state index contributed by atoms with van der Waals surface area (Å²) in [6.07, 6.45) is -0.617. The van der Waals surface area contributed by atoms with Gasteiger partial charge in [0, 0.05) is 18.5 Å². The molecule has 7 heteroatoms. The van der Waals surface area contributed by atoms with Crippen LogP contribution in [0.25, 0.3) is 0 Å². The van der Waals surface area contributed by atoms with Crippen molar-refractivity contribution in [1.82, 2.24) is 10.2 Å². The first-order valence-corrected chi connectivity index (χ1v) is 7.82. The molecule has 0 aliphatic carbocycles. The molecule has 1 heterocycles. The lowest BCUT2D eigenvalue weighted by Gasteiger charge is -2.43. The summed E-state index contributed by atoms with van der Waals surface area (Å²) in [4.78, 5) is 14.1. The van der Waals surface area contributed by atoms with E-state index in [1.54, 1.807) is 0 Å². The minimum atomic E-state index is -1.60. The first-order valence-electron chi connectivity index (χ1n) is 6.68. The first kappa shape index (κ1) is 18.3. The third-order valence-corrected chi connectivity index (χ3v) is 3.69. The van der Waals surface area contributed by atoms with Crippen LogP contribution in [-0.4, -0.2) is 46.1 Å². The van der Waals surface area contributed by atoms with Crippen molar-refractivity contribution in [3.63, 3.8) is 0 Å². The molecular weight excluding hydrogens is 323 g/mol. The number of hydrogen-bond acceptors (Lipinski definition) is 3. The van der Waals surface area contributed by atoms with E-state index in [2.05, 4.69) is 5.32 Å². The fourth-order valence-corrected chi connectivity index (χ4v) is 2.73. The number of carbonyl (C=O) groups excluding carboxylic acids is 1. The first-order chi connectivity index (χ1) is 8.91. The summed E-state index contributed by atoms with van der Waals surface area (Å²) in [6, 6.07) is 0. The number of nitrogens with one attached hydrogen (secondary N) is 1. The molecule has 0 saturated carbocycles. The maximum absolute atomic E-state index is 12.2. The number of amides is 1. The van der Waals surface area contributed by atoms with Crippen molar-refractivity contribution in [3.8, 4) is 0 Å². The molecule has 0 aromatic heterocycles. The van der Waals surface area contributed by atoms with Crippen molar-refractivity contribution in [2.75, 3.05) is 13.1 Å². The van der Waals surface area contributed by atoms with Gasteiger partial charge in [-0.3, -0.25) is 9.69 Å². The van der Waals surface area contributed by atoms with Crippen molar-refractivity contribution < 1.29 is 9.53 Å². The van der Waals surface area contributed by atoms with Crippen LogP contribution in [0.15, 0.2) is 0 Å². The zero-order valence-corrected chi connectivity index (χ0v) is 14.8. The van der Waals surface area contributed by atoms with Crippen molar-refractivity contribution in [1.29, 1.82) is 0 Å². The molecule has 4 nitrogen and oxygen atoms in total. The molecule has 0 aromatic carbocycles. The van der Waals surface area contributed by atoms with Gasteiger partial charge in [0.05, 0.1) is 12.2 Å². The lowest BCUT2D eigenvalue weighted by atomic mass is 9.95. The number of hydrogen-bond donors (Lipinski definition) is 1. The Hall–Kier alpha value is 0.260. The maximum atomic E-state index is 12.2. The van der Waals surface area contributed by atoms with E-state index in [4.69, 9.17) is 39.5 Å². The van der Waals surface area contributed by atoms with Gasteiger partial charge in [0.1, 0.15) is 6.17 Å². The van der Waals surface area contributed by atoms with E-state index in [0.717, 1.165) is 0 Å². The van der Waals surface area contributed by atoms with Crippen LogP contribution in [0.5, 0.6) is 0 Å². The van der Waals surface area contributed by atoms with Crippen LogP contribution in [0.3, 0.4) is 0 Å². The standard InChI is InChI=1S/C13H23Cl3N2O2/c1-8-6-18(7-9(2)20-8)10(13(14,15)16)17-11(19)12(3,4)5/h8-10H,6-7H2,1-5H3,(H,17,19)/t8-,9-,10-/m1/s1. The van der Waals surface area contributed by atoms with Gasteiger partial charge in [-0.05, 0) is 13.8 Å². The normalized spacial score (nSPS) is 27.2. The molecule has 118 valence electrons. The lowest BCUT2D eigenvalue weighted by Crippen LogP contribution is -2.62. The molecule has 1 saturated heterocycles. The fourth-order valence-electron chi connectivity index (χ4n) is 2.15. The number of ether oxygens (including phenoxy) is 1. The van der Waals surface area contributed by atoms with Gasteiger partial charge in [0.25, 0.3) is 0 Å². The van der Waals surface area contributed by atoms with Crippen molar-refractivity contribution in [3.05, 3.63) is 0 Å². The second-order valence-corrected chi connectivity index (χ2v) is 8.75.